The van der Waals surface area contributed by atoms with Crippen LogP contribution in [0.5, 0.6) is 0 Å². The second-order valence-corrected chi connectivity index (χ2v) is 5.92. The van der Waals surface area contributed by atoms with Crippen molar-refractivity contribution >= 4 is 5.97 Å². The first-order chi connectivity index (χ1) is 7.33. The molecule has 1 heterocycles. The molecule has 1 N–H and O–H groups in total. The van der Waals surface area contributed by atoms with Gasteiger partial charge in [-0.15, -0.1) is 0 Å². The van der Waals surface area contributed by atoms with Gasteiger partial charge in [0.2, 0.25) is 0 Å². The fourth-order valence-electron chi connectivity index (χ4n) is 2.37. The first-order valence-corrected chi connectivity index (χ1v) is 6.30. The molecule has 1 aliphatic rings. The number of carbonyl (C=O) groups is 1. The van der Waals surface area contributed by atoms with Crippen molar-refractivity contribution < 1.29 is 9.90 Å². The van der Waals surface area contributed by atoms with Gasteiger partial charge in [-0.05, 0) is 44.7 Å². The summed E-state index contributed by atoms with van der Waals surface area (Å²) >= 11 is 0. The molecule has 0 aromatic carbocycles. The van der Waals surface area contributed by atoms with E-state index in [0.29, 0.717) is 5.41 Å². The number of likely N-dealkylation sites (tertiary alicyclic amines) is 1. The Kier molecular flexibility index (Phi) is 4.36. The maximum Gasteiger partial charge on any atom is 0.307 e. The van der Waals surface area contributed by atoms with Crippen LogP contribution in [-0.4, -0.2) is 35.1 Å². The molecule has 0 amide bonds. The van der Waals surface area contributed by atoms with Gasteiger partial charge in [-0.3, -0.25) is 9.69 Å². The summed E-state index contributed by atoms with van der Waals surface area (Å²) in [6.45, 7) is 10.5. The van der Waals surface area contributed by atoms with E-state index in [2.05, 4.69) is 18.7 Å². The zero-order valence-corrected chi connectivity index (χ0v) is 11.0. The number of rotatable bonds is 3. The molecule has 3 heteroatoms. The summed E-state index contributed by atoms with van der Waals surface area (Å²) in [7, 11) is 0. The summed E-state index contributed by atoms with van der Waals surface area (Å²) < 4.78 is 0. The standard InChI is InChI=1S/C13H25NO2/c1-10(12(15)16)11(2)14-8-5-6-13(3,4)7-9-14/h10-11H,5-9H2,1-4H3,(H,15,16). The van der Waals surface area contributed by atoms with E-state index < -0.39 is 5.97 Å². The van der Waals surface area contributed by atoms with Crippen LogP contribution in [0.15, 0.2) is 0 Å². The molecule has 0 spiro atoms. The summed E-state index contributed by atoms with van der Waals surface area (Å²) in [6.07, 6.45) is 3.60. The molecule has 1 rings (SSSR count). The van der Waals surface area contributed by atoms with Crippen LogP contribution in [0.2, 0.25) is 0 Å². The van der Waals surface area contributed by atoms with Crippen LogP contribution >= 0.6 is 0 Å². The number of carboxylic acids is 1. The van der Waals surface area contributed by atoms with Gasteiger partial charge >= 0.3 is 5.97 Å². The van der Waals surface area contributed by atoms with Gasteiger partial charge in [-0.1, -0.05) is 20.8 Å². The molecule has 1 fully saturated rings. The van der Waals surface area contributed by atoms with E-state index in [1.54, 1.807) is 0 Å². The molecule has 0 saturated carbocycles. The third-order valence-corrected chi connectivity index (χ3v) is 4.06. The third kappa shape index (κ3) is 3.48. The van der Waals surface area contributed by atoms with Crippen LogP contribution in [0.4, 0.5) is 0 Å². The van der Waals surface area contributed by atoms with Crippen molar-refractivity contribution in [1.82, 2.24) is 4.90 Å². The maximum atomic E-state index is 11.0. The lowest BCUT2D eigenvalue weighted by molar-refractivity contribution is -0.143. The van der Waals surface area contributed by atoms with Gasteiger partial charge in [0.15, 0.2) is 0 Å². The quantitative estimate of drug-likeness (QED) is 0.805. The van der Waals surface area contributed by atoms with E-state index in [0.717, 1.165) is 13.1 Å². The molecule has 2 unspecified atom stereocenters. The highest BCUT2D eigenvalue weighted by molar-refractivity contribution is 5.70. The molecule has 16 heavy (non-hydrogen) atoms. The maximum absolute atomic E-state index is 11.0. The predicted molar refractivity (Wildman–Crippen MR) is 65.5 cm³/mol. The Morgan fingerprint density at radius 2 is 1.88 bits per heavy atom. The number of nitrogens with zero attached hydrogens (tertiary/aromatic N) is 1. The number of hydrogen-bond acceptors (Lipinski definition) is 2. The van der Waals surface area contributed by atoms with Gasteiger partial charge in [0.1, 0.15) is 0 Å². The Morgan fingerprint density at radius 3 is 2.44 bits per heavy atom. The number of hydrogen-bond donors (Lipinski definition) is 1. The summed E-state index contributed by atoms with van der Waals surface area (Å²) in [5, 5.41) is 9.03. The highest BCUT2D eigenvalue weighted by Gasteiger charge is 2.29. The lowest BCUT2D eigenvalue weighted by atomic mass is 9.85. The Morgan fingerprint density at radius 1 is 1.25 bits per heavy atom. The van der Waals surface area contributed by atoms with Crippen molar-refractivity contribution in [3.8, 4) is 0 Å². The Labute approximate surface area is 98.8 Å². The Hall–Kier alpha value is -0.570. The summed E-state index contributed by atoms with van der Waals surface area (Å²) in [5.74, 6) is -0.961. The van der Waals surface area contributed by atoms with E-state index in [1.165, 1.54) is 19.3 Å². The van der Waals surface area contributed by atoms with Gasteiger partial charge < -0.3 is 5.11 Å². The van der Waals surface area contributed by atoms with Crippen LogP contribution in [0.1, 0.15) is 47.0 Å². The van der Waals surface area contributed by atoms with Crippen LogP contribution in [0.3, 0.4) is 0 Å². The average Bonchev–Trinajstić information content (AvgIpc) is 2.37. The monoisotopic (exact) mass is 227 g/mol. The van der Waals surface area contributed by atoms with E-state index in [4.69, 9.17) is 5.11 Å². The van der Waals surface area contributed by atoms with Crippen molar-refractivity contribution in [1.29, 1.82) is 0 Å². The molecular weight excluding hydrogens is 202 g/mol. The SMILES string of the molecule is CC(C(=O)O)C(C)N1CCCC(C)(C)CC1. The lowest BCUT2D eigenvalue weighted by Gasteiger charge is -2.30. The van der Waals surface area contributed by atoms with Crippen molar-refractivity contribution in [3.05, 3.63) is 0 Å². The second-order valence-electron chi connectivity index (χ2n) is 5.92. The molecule has 1 aliphatic heterocycles. The third-order valence-electron chi connectivity index (χ3n) is 4.06. The molecule has 1 saturated heterocycles. The largest absolute Gasteiger partial charge is 0.481 e. The van der Waals surface area contributed by atoms with Crippen molar-refractivity contribution in [2.24, 2.45) is 11.3 Å². The fraction of sp³-hybridized carbons (Fsp3) is 0.923. The van der Waals surface area contributed by atoms with Crippen LogP contribution in [0.25, 0.3) is 0 Å². The van der Waals surface area contributed by atoms with Crippen LogP contribution < -0.4 is 0 Å². The first kappa shape index (κ1) is 13.5. The number of carboxylic acid groups (broad SMARTS) is 1. The first-order valence-electron chi connectivity index (χ1n) is 6.30. The minimum atomic E-state index is -0.684. The highest BCUT2D eigenvalue weighted by Crippen LogP contribution is 2.31. The molecule has 0 aliphatic carbocycles. The Balaban J connectivity index is 2.57. The van der Waals surface area contributed by atoms with E-state index in [-0.39, 0.29) is 12.0 Å². The van der Waals surface area contributed by atoms with Crippen LogP contribution in [-0.2, 0) is 4.79 Å². The molecular formula is C13H25NO2. The van der Waals surface area contributed by atoms with Crippen LogP contribution in [0, 0.1) is 11.3 Å². The molecule has 0 bridgehead atoms. The van der Waals surface area contributed by atoms with E-state index in [9.17, 15) is 4.79 Å². The zero-order chi connectivity index (χ0) is 12.3. The minimum absolute atomic E-state index is 0.145. The average molecular weight is 227 g/mol. The lowest BCUT2D eigenvalue weighted by Crippen LogP contribution is -2.41. The van der Waals surface area contributed by atoms with Crippen molar-refractivity contribution in [3.63, 3.8) is 0 Å². The van der Waals surface area contributed by atoms with Gasteiger partial charge in [0, 0.05) is 6.04 Å². The topological polar surface area (TPSA) is 40.5 Å². The number of aliphatic carboxylic acids is 1. The molecule has 94 valence electrons. The van der Waals surface area contributed by atoms with Crippen molar-refractivity contribution in [2.75, 3.05) is 13.1 Å². The highest BCUT2D eigenvalue weighted by atomic mass is 16.4. The van der Waals surface area contributed by atoms with Gasteiger partial charge in [-0.25, -0.2) is 0 Å². The molecule has 0 aromatic heterocycles. The molecule has 0 radical (unpaired) electrons. The summed E-state index contributed by atoms with van der Waals surface area (Å²) in [5.41, 5.74) is 0.418. The smallest absolute Gasteiger partial charge is 0.307 e. The molecule has 0 aromatic rings. The van der Waals surface area contributed by atoms with Crippen molar-refractivity contribution in [2.45, 2.75) is 53.0 Å². The van der Waals surface area contributed by atoms with Gasteiger partial charge in [-0.2, -0.15) is 0 Å². The predicted octanol–water partition coefficient (Wildman–Crippen LogP) is 2.61. The summed E-state index contributed by atoms with van der Waals surface area (Å²) in [4.78, 5) is 13.3. The summed E-state index contributed by atoms with van der Waals surface area (Å²) in [6, 6.07) is 0.145. The Bertz CT molecular complexity index is 250. The van der Waals surface area contributed by atoms with E-state index in [1.807, 2.05) is 13.8 Å². The second kappa shape index (κ2) is 5.17. The van der Waals surface area contributed by atoms with Gasteiger partial charge in [0.05, 0.1) is 5.92 Å². The van der Waals surface area contributed by atoms with E-state index >= 15 is 0 Å². The minimum Gasteiger partial charge on any atom is -0.481 e. The normalized spacial score (nSPS) is 25.8. The van der Waals surface area contributed by atoms with Gasteiger partial charge in [0.25, 0.3) is 0 Å². The molecule has 3 nitrogen and oxygen atoms in total. The fourth-order valence-corrected chi connectivity index (χ4v) is 2.37. The molecule has 2 atom stereocenters. The zero-order valence-electron chi connectivity index (χ0n) is 11.0.